The minimum atomic E-state index is -0.365. The van der Waals surface area contributed by atoms with Gasteiger partial charge in [-0.15, -0.1) is 0 Å². The van der Waals surface area contributed by atoms with Gasteiger partial charge >= 0.3 is 0 Å². The minimum absolute atomic E-state index is 0.0688. The number of hydrogen-bond donors (Lipinski definition) is 1. The highest BCUT2D eigenvalue weighted by atomic mass is 35.5. The van der Waals surface area contributed by atoms with Crippen LogP contribution in [0.3, 0.4) is 0 Å². The number of halogens is 1. The normalized spacial score (nSPS) is 15.8. The summed E-state index contributed by atoms with van der Waals surface area (Å²) in [7, 11) is 0. The van der Waals surface area contributed by atoms with E-state index in [-0.39, 0.29) is 23.7 Å². The number of ether oxygens (including phenoxy) is 1. The van der Waals surface area contributed by atoms with Gasteiger partial charge in [0.2, 0.25) is 11.8 Å². The Kier molecular flexibility index (Phi) is 6.52. The van der Waals surface area contributed by atoms with Crippen LogP contribution in [0.15, 0.2) is 48.8 Å². The van der Waals surface area contributed by atoms with Crippen molar-refractivity contribution in [1.82, 2.24) is 9.88 Å². The molecule has 0 atom stereocenters. The Morgan fingerprint density at radius 3 is 2.50 bits per heavy atom. The van der Waals surface area contributed by atoms with Crippen LogP contribution in [0.1, 0.15) is 24.8 Å². The quantitative estimate of drug-likeness (QED) is 0.772. The molecule has 1 saturated heterocycles. The van der Waals surface area contributed by atoms with Crippen LogP contribution >= 0.6 is 11.6 Å². The molecule has 0 aliphatic carbocycles. The summed E-state index contributed by atoms with van der Waals surface area (Å²) in [5, 5.41) is 0.639. The zero-order valence-electron chi connectivity index (χ0n) is 15.6. The molecule has 1 fully saturated rings. The highest BCUT2D eigenvalue weighted by molar-refractivity contribution is 6.30. The molecule has 7 heteroatoms. The van der Waals surface area contributed by atoms with Crippen LogP contribution in [0.25, 0.3) is 0 Å². The van der Waals surface area contributed by atoms with Gasteiger partial charge in [-0.1, -0.05) is 17.7 Å². The topological polar surface area (TPSA) is 85.5 Å². The molecule has 148 valence electrons. The number of benzene rings is 1. The highest BCUT2D eigenvalue weighted by Gasteiger charge is 2.38. The lowest BCUT2D eigenvalue weighted by Gasteiger charge is -2.41. The number of nitrogens with zero attached hydrogens (tertiary/aromatic N) is 2. The Labute approximate surface area is 169 Å². The van der Waals surface area contributed by atoms with Crippen LogP contribution in [0.2, 0.25) is 5.02 Å². The van der Waals surface area contributed by atoms with E-state index in [0.29, 0.717) is 49.7 Å². The standard InChI is InChI=1S/C21H24ClN3O3/c22-17-3-5-18(6-4-17)28-15-21(13-19(23)26)7-10-25(11-8-21)20(27)12-16-2-1-9-24-14-16/h1-6,9,14H,7-8,10-13,15H2,(H2,23,26). The van der Waals surface area contributed by atoms with E-state index in [1.54, 1.807) is 36.7 Å². The van der Waals surface area contributed by atoms with Crippen molar-refractivity contribution in [2.45, 2.75) is 25.7 Å². The lowest BCUT2D eigenvalue weighted by Crippen LogP contribution is -2.47. The van der Waals surface area contributed by atoms with Gasteiger partial charge < -0.3 is 15.4 Å². The van der Waals surface area contributed by atoms with E-state index >= 15 is 0 Å². The van der Waals surface area contributed by atoms with Gasteiger partial charge in [0, 0.05) is 42.3 Å². The molecule has 2 N–H and O–H groups in total. The largest absolute Gasteiger partial charge is 0.493 e. The molecule has 1 aromatic heterocycles. The summed E-state index contributed by atoms with van der Waals surface area (Å²) in [5.41, 5.74) is 6.03. The molecule has 0 radical (unpaired) electrons. The number of primary amides is 1. The monoisotopic (exact) mass is 401 g/mol. The number of carbonyl (C=O) groups excluding carboxylic acids is 2. The maximum Gasteiger partial charge on any atom is 0.227 e. The lowest BCUT2D eigenvalue weighted by molar-refractivity contribution is -0.133. The Morgan fingerprint density at radius 2 is 1.89 bits per heavy atom. The molecule has 2 heterocycles. The number of carbonyl (C=O) groups is 2. The van der Waals surface area contributed by atoms with E-state index in [0.717, 1.165) is 5.56 Å². The number of piperidine rings is 1. The van der Waals surface area contributed by atoms with E-state index in [4.69, 9.17) is 22.1 Å². The van der Waals surface area contributed by atoms with E-state index < -0.39 is 0 Å². The van der Waals surface area contributed by atoms with Crippen molar-refractivity contribution in [1.29, 1.82) is 0 Å². The molecule has 3 rings (SSSR count). The first-order valence-electron chi connectivity index (χ1n) is 9.29. The molecule has 6 nitrogen and oxygen atoms in total. The van der Waals surface area contributed by atoms with E-state index in [1.807, 2.05) is 17.0 Å². The first kappa shape index (κ1) is 20.1. The third-order valence-electron chi connectivity index (χ3n) is 5.16. The molecular weight excluding hydrogens is 378 g/mol. The zero-order valence-corrected chi connectivity index (χ0v) is 16.4. The summed E-state index contributed by atoms with van der Waals surface area (Å²) < 4.78 is 5.92. The molecule has 1 aromatic carbocycles. The van der Waals surface area contributed by atoms with Crippen molar-refractivity contribution in [3.05, 3.63) is 59.4 Å². The van der Waals surface area contributed by atoms with Crippen LogP contribution in [0.5, 0.6) is 5.75 Å². The molecule has 1 aliphatic rings. The smallest absolute Gasteiger partial charge is 0.227 e. The second-order valence-electron chi connectivity index (χ2n) is 7.30. The van der Waals surface area contributed by atoms with Crippen LogP contribution in [-0.2, 0) is 16.0 Å². The van der Waals surface area contributed by atoms with Crippen molar-refractivity contribution >= 4 is 23.4 Å². The number of hydrogen-bond acceptors (Lipinski definition) is 4. The van der Waals surface area contributed by atoms with Gasteiger partial charge in [0.05, 0.1) is 13.0 Å². The molecule has 1 aliphatic heterocycles. The molecule has 28 heavy (non-hydrogen) atoms. The number of rotatable bonds is 7. The van der Waals surface area contributed by atoms with E-state index in [9.17, 15) is 9.59 Å². The molecule has 0 unspecified atom stereocenters. The van der Waals surface area contributed by atoms with Gasteiger partial charge in [0.15, 0.2) is 0 Å². The maximum atomic E-state index is 12.6. The fourth-order valence-electron chi connectivity index (χ4n) is 3.53. The molecular formula is C21H24ClN3O3. The summed E-state index contributed by atoms with van der Waals surface area (Å²) in [6.45, 7) is 1.54. The fraction of sp³-hybridized carbons (Fsp3) is 0.381. The summed E-state index contributed by atoms with van der Waals surface area (Å²) in [6.07, 6.45) is 5.31. The van der Waals surface area contributed by atoms with Crippen molar-refractivity contribution in [3.63, 3.8) is 0 Å². The van der Waals surface area contributed by atoms with Gasteiger partial charge in [0.25, 0.3) is 0 Å². The van der Waals surface area contributed by atoms with Crippen molar-refractivity contribution in [3.8, 4) is 5.75 Å². The average molecular weight is 402 g/mol. The molecule has 2 aromatic rings. The number of aromatic nitrogens is 1. The second kappa shape index (κ2) is 9.06. The summed E-state index contributed by atoms with van der Waals surface area (Å²) >= 11 is 5.90. The van der Waals surface area contributed by atoms with Crippen LogP contribution in [0.4, 0.5) is 0 Å². The number of amides is 2. The summed E-state index contributed by atoms with van der Waals surface area (Å²) in [6, 6.07) is 10.8. The average Bonchev–Trinajstić information content (AvgIpc) is 2.68. The highest BCUT2D eigenvalue weighted by Crippen LogP contribution is 2.36. The number of likely N-dealkylation sites (tertiary alicyclic amines) is 1. The molecule has 0 saturated carbocycles. The van der Waals surface area contributed by atoms with Crippen molar-refractivity contribution in [2.24, 2.45) is 11.1 Å². The minimum Gasteiger partial charge on any atom is -0.493 e. The Morgan fingerprint density at radius 1 is 1.18 bits per heavy atom. The SMILES string of the molecule is NC(=O)CC1(COc2ccc(Cl)cc2)CCN(C(=O)Cc2cccnc2)CC1. The molecule has 0 spiro atoms. The Hall–Kier alpha value is -2.60. The van der Waals surface area contributed by atoms with Crippen molar-refractivity contribution in [2.75, 3.05) is 19.7 Å². The Balaban J connectivity index is 1.59. The fourth-order valence-corrected chi connectivity index (χ4v) is 3.65. The van der Waals surface area contributed by atoms with Gasteiger partial charge in [0.1, 0.15) is 5.75 Å². The van der Waals surface area contributed by atoms with Gasteiger partial charge in [-0.2, -0.15) is 0 Å². The molecule has 0 bridgehead atoms. The number of pyridine rings is 1. The van der Waals surface area contributed by atoms with E-state index in [2.05, 4.69) is 4.98 Å². The third-order valence-corrected chi connectivity index (χ3v) is 5.41. The van der Waals surface area contributed by atoms with Crippen LogP contribution < -0.4 is 10.5 Å². The maximum absolute atomic E-state index is 12.6. The summed E-state index contributed by atoms with van der Waals surface area (Å²) in [5.74, 6) is 0.414. The third kappa shape index (κ3) is 5.45. The first-order valence-corrected chi connectivity index (χ1v) is 9.67. The van der Waals surface area contributed by atoms with Crippen LogP contribution in [0, 0.1) is 5.41 Å². The van der Waals surface area contributed by atoms with E-state index in [1.165, 1.54) is 0 Å². The first-order chi connectivity index (χ1) is 13.5. The zero-order chi connectivity index (χ0) is 20.0. The van der Waals surface area contributed by atoms with Gasteiger partial charge in [-0.05, 0) is 48.7 Å². The molecule has 2 amide bonds. The lowest BCUT2D eigenvalue weighted by atomic mass is 9.76. The van der Waals surface area contributed by atoms with Crippen molar-refractivity contribution < 1.29 is 14.3 Å². The second-order valence-corrected chi connectivity index (χ2v) is 7.74. The predicted octanol–water partition coefficient (Wildman–Crippen LogP) is 2.84. The number of nitrogens with two attached hydrogens (primary N) is 1. The summed E-state index contributed by atoms with van der Waals surface area (Å²) in [4.78, 5) is 30.1. The Bertz CT molecular complexity index is 803. The van der Waals surface area contributed by atoms with Gasteiger partial charge in [-0.25, -0.2) is 0 Å². The predicted molar refractivity (Wildman–Crippen MR) is 107 cm³/mol. The van der Waals surface area contributed by atoms with Gasteiger partial charge in [-0.3, -0.25) is 14.6 Å². The van der Waals surface area contributed by atoms with Crippen LogP contribution in [-0.4, -0.2) is 41.4 Å².